The van der Waals surface area contributed by atoms with E-state index in [1.165, 1.54) is 18.7 Å². The van der Waals surface area contributed by atoms with Crippen LogP contribution in [0.2, 0.25) is 0 Å². The van der Waals surface area contributed by atoms with Crippen molar-refractivity contribution >= 4 is 5.91 Å². The lowest BCUT2D eigenvalue weighted by Crippen LogP contribution is -2.29. The highest BCUT2D eigenvalue weighted by Gasteiger charge is 2.27. The zero-order chi connectivity index (χ0) is 20.1. The molecule has 6 heteroatoms. The fraction of sp³-hybridized carbons (Fsp3) is 0.409. The smallest absolute Gasteiger partial charge is 0.255 e. The van der Waals surface area contributed by atoms with E-state index in [2.05, 4.69) is 24.4 Å². The molecule has 150 valence electrons. The Balaban J connectivity index is 1.55. The molecule has 0 heterocycles. The molecule has 2 aromatic rings. The normalized spacial score (nSPS) is 20.0. The third-order valence-electron chi connectivity index (χ3n) is 5.33. The minimum atomic E-state index is -0.485. The van der Waals surface area contributed by atoms with Gasteiger partial charge in [0.15, 0.2) is 18.2 Å². The van der Waals surface area contributed by atoms with E-state index in [-0.39, 0.29) is 24.2 Å². The van der Waals surface area contributed by atoms with E-state index in [9.17, 15) is 9.18 Å². The van der Waals surface area contributed by atoms with Gasteiger partial charge in [0.25, 0.3) is 5.91 Å². The number of benzene rings is 2. The third kappa shape index (κ3) is 5.01. The Hall–Kier alpha value is -2.60. The average molecular weight is 386 g/mol. The van der Waals surface area contributed by atoms with Crippen LogP contribution in [0.1, 0.15) is 49.3 Å². The second kappa shape index (κ2) is 9.06. The molecule has 3 N–H and O–H groups in total. The molecule has 3 rings (SSSR count). The molecule has 0 spiro atoms. The molecule has 0 aromatic heterocycles. The van der Waals surface area contributed by atoms with Crippen molar-refractivity contribution in [2.45, 2.75) is 44.2 Å². The van der Waals surface area contributed by atoms with Gasteiger partial charge in [-0.2, -0.15) is 0 Å². The quantitative estimate of drug-likeness (QED) is 0.726. The summed E-state index contributed by atoms with van der Waals surface area (Å²) < 4.78 is 24.0. The van der Waals surface area contributed by atoms with Gasteiger partial charge in [0, 0.05) is 12.1 Å². The Labute approximate surface area is 165 Å². The standard InChI is InChI=1S/C22H27FN2O3/c1-14(16-6-10-20(23)21(12-16)27-2)25-18-7-3-17(11-18)15-4-8-19(9-5-15)28-13-22(24)26/h4-6,8-10,12,14,17-18,25H,3,7,11,13H2,1-2H3,(H2,24,26)/t14-,17-,18?/m1/s1. The Morgan fingerprint density at radius 2 is 2.00 bits per heavy atom. The number of amides is 1. The summed E-state index contributed by atoms with van der Waals surface area (Å²) in [4.78, 5) is 10.8. The van der Waals surface area contributed by atoms with Gasteiger partial charge in [-0.1, -0.05) is 18.2 Å². The highest BCUT2D eigenvalue weighted by atomic mass is 19.1. The number of hydrogen-bond donors (Lipinski definition) is 2. The molecule has 3 atom stereocenters. The van der Waals surface area contributed by atoms with Gasteiger partial charge in [-0.15, -0.1) is 0 Å². The molecule has 0 bridgehead atoms. The van der Waals surface area contributed by atoms with E-state index in [0.717, 1.165) is 24.8 Å². The summed E-state index contributed by atoms with van der Waals surface area (Å²) >= 11 is 0. The molecule has 0 aliphatic heterocycles. The lowest BCUT2D eigenvalue weighted by molar-refractivity contribution is -0.119. The van der Waals surface area contributed by atoms with E-state index in [1.54, 1.807) is 12.1 Å². The maximum absolute atomic E-state index is 13.6. The number of ether oxygens (including phenoxy) is 2. The Morgan fingerprint density at radius 1 is 1.25 bits per heavy atom. The van der Waals surface area contributed by atoms with Crippen LogP contribution in [-0.2, 0) is 4.79 Å². The number of carbonyl (C=O) groups is 1. The summed E-state index contributed by atoms with van der Waals surface area (Å²) in [5.74, 6) is 0.574. The van der Waals surface area contributed by atoms with Crippen LogP contribution in [0, 0.1) is 5.82 Å². The number of methoxy groups -OCH3 is 1. The van der Waals surface area contributed by atoms with E-state index < -0.39 is 5.91 Å². The van der Waals surface area contributed by atoms with E-state index >= 15 is 0 Å². The first kappa shape index (κ1) is 20.1. The monoisotopic (exact) mass is 386 g/mol. The van der Waals surface area contributed by atoms with Crippen LogP contribution in [0.25, 0.3) is 0 Å². The zero-order valence-corrected chi connectivity index (χ0v) is 16.3. The van der Waals surface area contributed by atoms with Crippen molar-refractivity contribution in [3.8, 4) is 11.5 Å². The number of primary amides is 1. The minimum absolute atomic E-state index is 0.110. The van der Waals surface area contributed by atoms with Crippen LogP contribution in [0.5, 0.6) is 11.5 Å². The predicted molar refractivity (Wildman–Crippen MR) is 106 cm³/mol. The molecule has 1 unspecified atom stereocenters. The molecule has 1 saturated carbocycles. The van der Waals surface area contributed by atoms with Crippen LogP contribution < -0.4 is 20.5 Å². The molecule has 2 aromatic carbocycles. The summed E-state index contributed by atoms with van der Waals surface area (Å²) in [5.41, 5.74) is 7.38. The zero-order valence-electron chi connectivity index (χ0n) is 16.3. The van der Waals surface area contributed by atoms with E-state index in [1.807, 2.05) is 12.1 Å². The highest BCUT2D eigenvalue weighted by molar-refractivity contribution is 5.75. The fourth-order valence-electron chi connectivity index (χ4n) is 3.82. The van der Waals surface area contributed by atoms with Crippen LogP contribution in [0.15, 0.2) is 42.5 Å². The van der Waals surface area contributed by atoms with Gasteiger partial charge in [-0.05, 0) is 67.5 Å². The highest BCUT2D eigenvalue weighted by Crippen LogP contribution is 2.36. The largest absolute Gasteiger partial charge is 0.494 e. The summed E-state index contributed by atoms with van der Waals surface area (Å²) in [6, 6.07) is 13.4. The molecule has 1 aliphatic rings. The van der Waals surface area contributed by atoms with Crippen molar-refractivity contribution in [1.82, 2.24) is 5.32 Å². The molecular weight excluding hydrogens is 359 g/mol. The van der Waals surface area contributed by atoms with Crippen molar-refractivity contribution in [3.63, 3.8) is 0 Å². The van der Waals surface area contributed by atoms with E-state index in [0.29, 0.717) is 17.7 Å². The van der Waals surface area contributed by atoms with Gasteiger partial charge < -0.3 is 20.5 Å². The van der Waals surface area contributed by atoms with Crippen molar-refractivity contribution in [2.24, 2.45) is 5.73 Å². The lowest BCUT2D eigenvalue weighted by atomic mass is 9.97. The first-order valence-corrected chi connectivity index (χ1v) is 9.56. The molecular formula is C22H27FN2O3. The average Bonchev–Trinajstić information content (AvgIpc) is 3.15. The van der Waals surface area contributed by atoms with Gasteiger partial charge >= 0.3 is 0 Å². The second-order valence-corrected chi connectivity index (χ2v) is 7.31. The summed E-state index contributed by atoms with van der Waals surface area (Å²) in [7, 11) is 1.48. The minimum Gasteiger partial charge on any atom is -0.494 e. The molecule has 0 radical (unpaired) electrons. The van der Waals surface area contributed by atoms with Crippen LogP contribution in [0.3, 0.4) is 0 Å². The number of halogens is 1. The maximum Gasteiger partial charge on any atom is 0.255 e. The maximum atomic E-state index is 13.6. The van der Waals surface area contributed by atoms with Crippen LogP contribution in [-0.4, -0.2) is 25.7 Å². The summed E-state index contributed by atoms with van der Waals surface area (Å²) in [5, 5.41) is 3.66. The number of nitrogens with two attached hydrogens (primary N) is 1. The molecule has 1 fully saturated rings. The first-order valence-electron chi connectivity index (χ1n) is 9.56. The molecule has 1 amide bonds. The Morgan fingerprint density at radius 3 is 2.68 bits per heavy atom. The topological polar surface area (TPSA) is 73.6 Å². The third-order valence-corrected chi connectivity index (χ3v) is 5.33. The van der Waals surface area contributed by atoms with Gasteiger partial charge in [0.2, 0.25) is 0 Å². The molecule has 5 nitrogen and oxygen atoms in total. The number of nitrogens with one attached hydrogen (secondary N) is 1. The van der Waals surface area contributed by atoms with Crippen molar-refractivity contribution in [1.29, 1.82) is 0 Å². The van der Waals surface area contributed by atoms with Gasteiger partial charge in [0.05, 0.1) is 7.11 Å². The molecule has 28 heavy (non-hydrogen) atoms. The van der Waals surface area contributed by atoms with Crippen molar-refractivity contribution in [3.05, 3.63) is 59.4 Å². The molecule has 0 saturated heterocycles. The Bertz CT molecular complexity index is 810. The number of carbonyl (C=O) groups excluding carboxylic acids is 1. The molecule has 1 aliphatic carbocycles. The Kier molecular flexibility index (Phi) is 6.52. The second-order valence-electron chi connectivity index (χ2n) is 7.31. The van der Waals surface area contributed by atoms with Crippen LogP contribution in [0.4, 0.5) is 4.39 Å². The van der Waals surface area contributed by atoms with E-state index in [4.69, 9.17) is 15.2 Å². The SMILES string of the molecule is COc1cc([C@@H](C)NC2CC[C@@H](c3ccc(OCC(N)=O)cc3)C2)ccc1F. The van der Waals surface area contributed by atoms with Crippen molar-refractivity contribution in [2.75, 3.05) is 13.7 Å². The van der Waals surface area contributed by atoms with Gasteiger partial charge in [-0.3, -0.25) is 4.79 Å². The lowest BCUT2D eigenvalue weighted by Gasteiger charge is -2.21. The van der Waals surface area contributed by atoms with Gasteiger partial charge in [-0.25, -0.2) is 4.39 Å². The van der Waals surface area contributed by atoms with Crippen LogP contribution >= 0.6 is 0 Å². The number of hydrogen-bond acceptors (Lipinski definition) is 4. The fourth-order valence-corrected chi connectivity index (χ4v) is 3.82. The predicted octanol–water partition coefficient (Wildman–Crippen LogP) is 3.69. The summed E-state index contributed by atoms with van der Waals surface area (Å²) in [6.45, 7) is 1.98. The van der Waals surface area contributed by atoms with Gasteiger partial charge in [0.1, 0.15) is 5.75 Å². The number of rotatable bonds is 8. The summed E-state index contributed by atoms with van der Waals surface area (Å²) in [6.07, 6.45) is 3.25. The van der Waals surface area contributed by atoms with Crippen molar-refractivity contribution < 1.29 is 18.7 Å². The first-order chi connectivity index (χ1) is 13.5.